The average molecular weight is 305 g/mol. The number of benzene rings is 1. The van der Waals surface area contributed by atoms with Crippen molar-refractivity contribution < 1.29 is 19.0 Å². The third kappa shape index (κ3) is 3.42. The normalized spacial score (nSPS) is 20.3. The van der Waals surface area contributed by atoms with Gasteiger partial charge in [0.15, 0.2) is 6.29 Å². The number of likely N-dealkylation sites (tertiary alicyclic amines) is 1. The molecule has 2 aliphatic rings. The Labute approximate surface area is 131 Å². The number of hydrogen-bond acceptors (Lipinski definition) is 4. The number of nitrogens with zero attached hydrogens (tertiary/aromatic N) is 1. The molecule has 2 heterocycles. The van der Waals surface area contributed by atoms with Crippen LogP contribution in [-0.4, -0.2) is 50.5 Å². The number of carbonyl (C=O) groups is 1. The van der Waals surface area contributed by atoms with Crippen LogP contribution >= 0.6 is 0 Å². The molecule has 0 saturated carbocycles. The molecule has 0 aliphatic carbocycles. The molecule has 0 atom stereocenters. The molecule has 5 heteroatoms. The number of piperidine rings is 1. The van der Waals surface area contributed by atoms with Gasteiger partial charge in [-0.3, -0.25) is 4.79 Å². The summed E-state index contributed by atoms with van der Waals surface area (Å²) in [7, 11) is 1.64. The Balaban J connectivity index is 1.53. The standard InChI is InChI=1S/C17H23NO4/c1-20-15-5-3-2-4-14(15)12-16(19)18-8-6-13(7-9-18)17-21-10-11-22-17/h2-5,13,17H,6-12H2,1H3. The topological polar surface area (TPSA) is 48.0 Å². The van der Waals surface area contributed by atoms with Gasteiger partial charge in [0, 0.05) is 24.6 Å². The minimum absolute atomic E-state index is 0.0635. The molecule has 2 fully saturated rings. The summed E-state index contributed by atoms with van der Waals surface area (Å²) >= 11 is 0. The van der Waals surface area contributed by atoms with E-state index in [9.17, 15) is 4.79 Å². The summed E-state index contributed by atoms with van der Waals surface area (Å²) in [5.41, 5.74) is 0.944. The largest absolute Gasteiger partial charge is 0.496 e. The highest BCUT2D eigenvalue weighted by atomic mass is 16.7. The first kappa shape index (κ1) is 15.3. The van der Waals surface area contributed by atoms with E-state index in [1.165, 1.54) is 0 Å². The van der Waals surface area contributed by atoms with E-state index in [0.717, 1.165) is 37.2 Å². The van der Waals surface area contributed by atoms with Crippen molar-refractivity contribution in [1.29, 1.82) is 0 Å². The molecule has 1 amide bonds. The highest BCUT2D eigenvalue weighted by Gasteiger charge is 2.31. The smallest absolute Gasteiger partial charge is 0.227 e. The molecule has 2 saturated heterocycles. The molecular weight excluding hydrogens is 282 g/mol. The monoisotopic (exact) mass is 305 g/mol. The first-order valence-corrected chi connectivity index (χ1v) is 7.91. The van der Waals surface area contributed by atoms with E-state index < -0.39 is 0 Å². The highest BCUT2D eigenvalue weighted by Crippen LogP contribution is 2.26. The maximum Gasteiger partial charge on any atom is 0.227 e. The van der Waals surface area contributed by atoms with E-state index >= 15 is 0 Å². The number of rotatable bonds is 4. The molecule has 0 spiro atoms. The molecule has 0 bridgehead atoms. The molecule has 1 aromatic rings. The second-order valence-corrected chi connectivity index (χ2v) is 5.82. The van der Waals surface area contributed by atoms with Crippen molar-refractivity contribution >= 4 is 5.91 Å². The van der Waals surface area contributed by atoms with Crippen LogP contribution in [0.4, 0.5) is 0 Å². The maximum atomic E-state index is 12.5. The number of carbonyl (C=O) groups excluding carboxylic acids is 1. The van der Waals surface area contributed by atoms with E-state index in [-0.39, 0.29) is 12.2 Å². The Kier molecular flexibility index (Phi) is 4.95. The first-order chi connectivity index (χ1) is 10.8. The van der Waals surface area contributed by atoms with Crippen molar-refractivity contribution in [3.63, 3.8) is 0 Å². The molecule has 0 radical (unpaired) electrons. The van der Waals surface area contributed by atoms with Crippen molar-refractivity contribution in [3.05, 3.63) is 29.8 Å². The minimum Gasteiger partial charge on any atom is -0.496 e. The first-order valence-electron chi connectivity index (χ1n) is 7.91. The Hall–Kier alpha value is -1.59. The molecule has 3 rings (SSSR count). The van der Waals surface area contributed by atoms with Gasteiger partial charge in [0.05, 0.1) is 26.7 Å². The Morgan fingerprint density at radius 3 is 2.59 bits per heavy atom. The summed E-state index contributed by atoms with van der Waals surface area (Å²) in [6.45, 7) is 2.94. The Bertz CT molecular complexity index is 505. The SMILES string of the molecule is COc1ccccc1CC(=O)N1CCC(C2OCCO2)CC1. The predicted octanol–water partition coefficient (Wildman–Crippen LogP) is 1.85. The van der Waals surface area contributed by atoms with Crippen molar-refractivity contribution in [2.75, 3.05) is 33.4 Å². The summed E-state index contributed by atoms with van der Waals surface area (Å²) in [5, 5.41) is 0. The van der Waals surface area contributed by atoms with E-state index in [1.54, 1.807) is 7.11 Å². The molecule has 2 aliphatic heterocycles. The summed E-state index contributed by atoms with van der Waals surface area (Å²) in [4.78, 5) is 14.4. The Morgan fingerprint density at radius 2 is 1.91 bits per heavy atom. The van der Waals surface area contributed by atoms with Crippen LogP contribution in [0.2, 0.25) is 0 Å². The molecule has 0 unspecified atom stereocenters. The lowest BCUT2D eigenvalue weighted by atomic mass is 9.95. The van der Waals surface area contributed by atoms with Gasteiger partial charge < -0.3 is 19.1 Å². The van der Waals surface area contributed by atoms with Crippen LogP contribution in [-0.2, 0) is 20.7 Å². The zero-order valence-corrected chi connectivity index (χ0v) is 13.0. The van der Waals surface area contributed by atoms with Crippen LogP contribution in [0, 0.1) is 5.92 Å². The fourth-order valence-electron chi connectivity index (χ4n) is 3.19. The van der Waals surface area contributed by atoms with Crippen LogP contribution in [0.3, 0.4) is 0 Å². The van der Waals surface area contributed by atoms with E-state index in [2.05, 4.69) is 0 Å². The summed E-state index contributed by atoms with van der Waals surface area (Å²) in [6, 6.07) is 7.69. The molecule has 120 valence electrons. The summed E-state index contributed by atoms with van der Waals surface area (Å²) < 4.78 is 16.5. The number of amides is 1. The molecule has 5 nitrogen and oxygen atoms in total. The van der Waals surface area contributed by atoms with Crippen LogP contribution in [0.1, 0.15) is 18.4 Å². The zero-order chi connectivity index (χ0) is 15.4. The highest BCUT2D eigenvalue weighted by molar-refractivity contribution is 5.79. The zero-order valence-electron chi connectivity index (χ0n) is 13.0. The van der Waals surface area contributed by atoms with Gasteiger partial charge in [0.25, 0.3) is 0 Å². The van der Waals surface area contributed by atoms with Gasteiger partial charge in [-0.2, -0.15) is 0 Å². The second-order valence-electron chi connectivity index (χ2n) is 5.82. The van der Waals surface area contributed by atoms with Gasteiger partial charge in [-0.1, -0.05) is 18.2 Å². The van der Waals surface area contributed by atoms with E-state index in [4.69, 9.17) is 14.2 Å². The van der Waals surface area contributed by atoms with Crippen molar-refractivity contribution in [2.24, 2.45) is 5.92 Å². The maximum absolute atomic E-state index is 12.5. The lowest BCUT2D eigenvalue weighted by molar-refractivity contribution is -0.136. The second kappa shape index (κ2) is 7.11. The van der Waals surface area contributed by atoms with Crippen LogP contribution in [0.15, 0.2) is 24.3 Å². The van der Waals surface area contributed by atoms with Gasteiger partial charge in [-0.25, -0.2) is 0 Å². The number of hydrogen-bond donors (Lipinski definition) is 0. The van der Waals surface area contributed by atoms with Gasteiger partial charge >= 0.3 is 0 Å². The lowest BCUT2D eigenvalue weighted by Crippen LogP contribution is -2.42. The van der Waals surface area contributed by atoms with Crippen molar-refractivity contribution in [3.8, 4) is 5.75 Å². The molecule has 22 heavy (non-hydrogen) atoms. The number of methoxy groups -OCH3 is 1. The van der Waals surface area contributed by atoms with Crippen LogP contribution in [0.25, 0.3) is 0 Å². The summed E-state index contributed by atoms with van der Waals surface area (Å²) in [5.74, 6) is 1.35. The predicted molar refractivity (Wildman–Crippen MR) is 81.7 cm³/mol. The molecule has 1 aromatic carbocycles. The van der Waals surface area contributed by atoms with Gasteiger partial charge in [0.1, 0.15) is 5.75 Å². The number of para-hydroxylation sites is 1. The summed E-state index contributed by atoms with van der Waals surface area (Å²) in [6.07, 6.45) is 2.22. The van der Waals surface area contributed by atoms with Crippen LogP contribution < -0.4 is 4.74 Å². The minimum atomic E-state index is -0.0635. The van der Waals surface area contributed by atoms with Gasteiger partial charge in [-0.15, -0.1) is 0 Å². The third-order valence-electron chi connectivity index (χ3n) is 4.46. The quantitative estimate of drug-likeness (QED) is 0.852. The fraction of sp³-hybridized carbons (Fsp3) is 0.588. The third-order valence-corrected chi connectivity index (χ3v) is 4.46. The Morgan fingerprint density at radius 1 is 1.23 bits per heavy atom. The van der Waals surface area contributed by atoms with Crippen molar-refractivity contribution in [1.82, 2.24) is 4.90 Å². The lowest BCUT2D eigenvalue weighted by Gasteiger charge is -2.34. The van der Waals surface area contributed by atoms with E-state index in [0.29, 0.717) is 25.6 Å². The molecule has 0 aromatic heterocycles. The molecule has 0 N–H and O–H groups in total. The number of ether oxygens (including phenoxy) is 3. The van der Waals surface area contributed by atoms with Gasteiger partial charge in [0.2, 0.25) is 5.91 Å². The average Bonchev–Trinajstić information content (AvgIpc) is 3.10. The van der Waals surface area contributed by atoms with Gasteiger partial charge in [-0.05, 0) is 18.9 Å². The molecular formula is C17H23NO4. The van der Waals surface area contributed by atoms with Crippen molar-refractivity contribution in [2.45, 2.75) is 25.6 Å². The fourth-order valence-corrected chi connectivity index (χ4v) is 3.19. The van der Waals surface area contributed by atoms with Crippen LogP contribution in [0.5, 0.6) is 5.75 Å². The van der Waals surface area contributed by atoms with E-state index in [1.807, 2.05) is 29.2 Å².